The van der Waals surface area contributed by atoms with Crippen LogP contribution in [-0.4, -0.2) is 0 Å². The molecular weight excluding hydrogens is 300 g/mol. The summed E-state index contributed by atoms with van der Waals surface area (Å²) in [5.41, 5.74) is 0. The van der Waals surface area contributed by atoms with E-state index in [1.807, 2.05) is 12.2 Å². The van der Waals surface area contributed by atoms with Crippen molar-refractivity contribution in [2.75, 3.05) is 0 Å². The van der Waals surface area contributed by atoms with Crippen LogP contribution < -0.4 is 0 Å². The standard InChI is InChI=1S/C9H16.2C8H14/c1-2-6-9-7-4-3-5-8-9;2*1-3-5-7-8-6-4-2/h2,9H,1,3-8H2;3,7-8H,1,4-6H2,2H3;3,6,8H,1,4-5,7H2,2H3/b;8-7+;8-6+. The molecular formula is C25H44. The minimum absolute atomic E-state index is 0.983. The molecule has 0 amide bonds. The first-order valence-electron chi connectivity index (χ1n) is 10.4. The van der Waals surface area contributed by atoms with Crippen molar-refractivity contribution < 1.29 is 0 Å². The van der Waals surface area contributed by atoms with Gasteiger partial charge in [-0.3, -0.25) is 0 Å². The molecule has 0 aromatic rings. The van der Waals surface area contributed by atoms with Gasteiger partial charge in [-0.15, -0.1) is 19.7 Å². The summed E-state index contributed by atoms with van der Waals surface area (Å²) < 4.78 is 0. The van der Waals surface area contributed by atoms with Gasteiger partial charge in [-0.2, -0.15) is 0 Å². The van der Waals surface area contributed by atoms with Crippen molar-refractivity contribution in [3.63, 3.8) is 0 Å². The Balaban J connectivity index is 0. The molecule has 0 saturated heterocycles. The van der Waals surface area contributed by atoms with Gasteiger partial charge in [-0.25, -0.2) is 0 Å². The Kier molecular flexibility index (Phi) is 25.9. The van der Waals surface area contributed by atoms with E-state index in [9.17, 15) is 0 Å². The third-order valence-corrected chi connectivity index (χ3v) is 4.09. The second-order valence-corrected chi connectivity index (χ2v) is 6.56. The third kappa shape index (κ3) is 25.1. The molecule has 0 atom stereocenters. The second-order valence-electron chi connectivity index (χ2n) is 6.56. The highest BCUT2D eigenvalue weighted by Gasteiger charge is 2.10. The molecule has 0 nitrogen and oxygen atoms in total. The highest BCUT2D eigenvalue weighted by atomic mass is 14.2. The first kappa shape index (κ1) is 25.9. The molecule has 0 heteroatoms. The first-order valence-corrected chi connectivity index (χ1v) is 10.4. The molecule has 0 aromatic heterocycles. The van der Waals surface area contributed by atoms with E-state index in [0.717, 1.165) is 31.6 Å². The Morgan fingerprint density at radius 2 is 1.40 bits per heavy atom. The molecule has 0 spiro atoms. The summed E-state index contributed by atoms with van der Waals surface area (Å²) in [4.78, 5) is 0. The van der Waals surface area contributed by atoms with Crippen LogP contribution in [0.4, 0.5) is 0 Å². The predicted octanol–water partition coefficient (Wildman–Crippen LogP) is 8.98. The fourth-order valence-electron chi connectivity index (χ4n) is 2.63. The van der Waals surface area contributed by atoms with E-state index in [2.05, 4.69) is 64.0 Å². The summed E-state index contributed by atoms with van der Waals surface area (Å²) in [5, 5.41) is 0. The molecule has 1 fully saturated rings. The molecule has 0 N–H and O–H groups in total. The summed E-state index contributed by atoms with van der Waals surface area (Å²) >= 11 is 0. The molecule has 0 aromatic carbocycles. The average Bonchev–Trinajstić information content (AvgIpc) is 2.65. The van der Waals surface area contributed by atoms with Crippen molar-refractivity contribution in [3.05, 3.63) is 62.3 Å². The van der Waals surface area contributed by atoms with Crippen LogP contribution in [0.2, 0.25) is 0 Å². The van der Waals surface area contributed by atoms with Crippen LogP contribution in [0.25, 0.3) is 0 Å². The summed E-state index contributed by atoms with van der Waals surface area (Å²) in [6.45, 7) is 15.3. The molecule has 0 heterocycles. The molecule has 0 radical (unpaired) electrons. The third-order valence-electron chi connectivity index (χ3n) is 4.09. The van der Waals surface area contributed by atoms with E-state index in [-0.39, 0.29) is 0 Å². The molecule has 0 bridgehead atoms. The Bertz CT molecular complexity index is 326. The molecule has 144 valence electrons. The fourth-order valence-corrected chi connectivity index (χ4v) is 2.63. The maximum Gasteiger partial charge on any atom is -0.0172 e. The number of unbranched alkanes of at least 4 members (excludes halogenated alkanes) is 2. The lowest BCUT2D eigenvalue weighted by Crippen LogP contribution is -2.04. The van der Waals surface area contributed by atoms with Crippen LogP contribution in [0.3, 0.4) is 0 Å². The minimum Gasteiger partial charge on any atom is -0.103 e. The minimum atomic E-state index is 0.983. The molecule has 1 aliphatic rings. The monoisotopic (exact) mass is 344 g/mol. The summed E-state index contributed by atoms with van der Waals surface area (Å²) in [7, 11) is 0. The Morgan fingerprint density at radius 3 is 1.92 bits per heavy atom. The fraction of sp³-hybridized carbons (Fsp3) is 0.600. The van der Waals surface area contributed by atoms with E-state index in [1.165, 1.54) is 51.4 Å². The lowest BCUT2D eigenvalue weighted by atomic mass is 9.87. The van der Waals surface area contributed by atoms with Crippen LogP contribution in [0.1, 0.15) is 90.9 Å². The van der Waals surface area contributed by atoms with Crippen LogP contribution in [0, 0.1) is 5.92 Å². The van der Waals surface area contributed by atoms with Gasteiger partial charge >= 0.3 is 0 Å². The highest BCUT2D eigenvalue weighted by Crippen LogP contribution is 2.25. The molecule has 1 saturated carbocycles. The zero-order valence-corrected chi connectivity index (χ0v) is 17.2. The first-order chi connectivity index (χ1) is 12.3. The normalized spacial score (nSPS) is 14.3. The summed E-state index contributed by atoms with van der Waals surface area (Å²) in [6, 6.07) is 0. The Labute approximate surface area is 159 Å². The average molecular weight is 345 g/mol. The zero-order chi connectivity index (χ0) is 19.0. The molecule has 0 aliphatic heterocycles. The van der Waals surface area contributed by atoms with E-state index in [1.54, 1.807) is 0 Å². The molecule has 0 unspecified atom stereocenters. The SMILES string of the molecule is C=CC/C=C/CCC.C=CCC/C=C/CC.C=CCC1CCCCC1. The van der Waals surface area contributed by atoms with Crippen molar-refractivity contribution in [2.24, 2.45) is 5.92 Å². The van der Waals surface area contributed by atoms with E-state index < -0.39 is 0 Å². The Hall–Kier alpha value is -1.30. The predicted molar refractivity (Wildman–Crippen MR) is 119 cm³/mol. The quantitative estimate of drug-likeness (QED) is 0.274. The smallest absolute Gasteiger partial charge is 0.0172 e. The maximum atomic E-state index is 3.75. The van der Waals surface area contributed by atoms with Crippen LogP contribution in [0.15, 0.2) is 62.3 Å². The number of hydrogen-bond acceptors (Lipinski definition) is 0. The summed E-state index contributed by atoms with van der Waals surface area (Å²) in [6.07, 6.45) is 30.0. The molecule has 1 aliphatic carbocycles. The second kappa shape index (κ2) is 24.9. The van der Waals surface area contributed by atoms with E-state index in [4.69, 9.17) is 0 Å². The van der Waals surface area contributed by atoms with Gasteiger partial charge in [0.2, 0.25) is 0 Å². The number of rotatable bonds is 10. The van der Waals surface area contributed by atoms with Gasteiger partial charge in [0.05, 0.1) is 0 Å². The van der Waals surface area contributed by atoms with Gasteiger partial charge in [0.1, 0.15) is 0 Å². The van der Waals surface area contributed by atoms with Crippen molar-refractivity contribution in [2.45, 2.75) is 90.9 Å². The number of allylic oxidation sites excluding steroid dienone is 7. The largest absolute Gasteiger partial charge is 0.103 e. The van der Waals surface area contributed by atoms with Gasteiger partial charge in [0.25, 0.3) is 0 Å². The Morgan fingerprint density at radius 1 is 0.720 bits per heavy atom. The topological polar surface area (TPSA) is 0 Å². The number of hydrogen-bond donors (Lipinski definition) is 0. The highest BCUT2D eigenvalue weighted by molar-refractivity contribution is 4.87. The van der Waals surface area contributed by atoms with Crippen LogP contribution in [-0.2, 0) is 0 Å². The van der Waals surface area contributed by atoms with Crippen molar-refractivity contribution in [3.8, 4) is 0 Å². The van der Waals surface area contributed by atoms with Gasteiger partial charge in [-0.1, -0.05) is 94.9 Å². The van der Waals surface area contributed by atoms with Gasteiger partial charge < -0.3 is 0 Å². The zero-order valence-electron chi connectivity index (χ0n) is 17.2. The van der Waals surface area contributed by atoms with Gasteiger partial charge in [-0.05, 0) is 44.4 Å². The van der Waals surface area contributed by atoms with Crippen LogP contribution >= 0.6 is 0 Å². The van der Waals surface area contributed by atoms with Crippen molar-refractivity contribution in [1.29, 1.82) is 0 Å². The van der Waals surface area contributed by atoms with Crippen LogP contribution in [0.5, 0.6) is 0 Å². The lowest BCUT2D eigenvalue weighted by molar-refractivity contribution is 0.361. The van der Waals surface area contributed by atoms with Gasteiger partial charge in [0.15, 0.2) is 0 Å². The van der Waals surface area contributed by atoms with Gasteiger partial charge in [0, 0.05) is 0 Å². The van der Waals surface area contributed by atoms with Crippen molar-refractivity contribution >= 4 is 0 Å². The van der Waals surface area contributed by atoms with E-state index in [0.29, 0.717) is 0 Å². The lowest BCUT2D eigenvalue weighted by Gasteiger charge is -2.19. The maximum absolute atomic E-state index is 3.75. The molecule has 25 heavy (non-hydrogen) atoms. The van der Waals surface area contributed by atoms with E-state index >= 15 is 0 Å². The van der Waals surface area contributed by atoms with Crippen molar-refractivity contribution in [1.82, 2.24) is 0 Å². The molecule has 1 rings (SSSR count). The summed E-state index contributed by atoms with van der Waals surface area (Å²) in [5.74, 6) is 0.983.